The molecular weight excluding hydrogens is 299 g/mol. The van der Waals surface area contributed by atoms with Gasteiger partial charge in [0.15, 0.2) is 4.80 Å². The molecule has 1 aromatic heterocycles. The number of rotatable bonds is 3. The Morgan fingerprint density at radius 1 is 1.27 bits per heavy atom. The van der Waals surface area contributed by atoms with Gasteiger partial charge < -0.3 is 4.57 Å². The number of fused-ring (bicyclic) bond motifs is 1. The zero-order valence-electron chi connectivity index (χ0n) is 11.7. The lowest BCUT2D eigenvalue weighted by Gasteiger charge is -2.00. The number of halogens is 1. The number of allylic oxidation sites excluding steroid dienone is 1. The molecule has 0 fully saturated rings. The molecule has 3 nitrogen and oxygen atoms in total. The molecule has 0 bridgehead atoms. The molecule has 0 aliphatic carbocycles. The third-order valence-electron chi connectivity index (χ3n) is 3.17. The molecule has 1 heterocycles. The predicted molar refractivity (Wildman–Crippen MR) is 86.3 cm³/mol. The van der Waals surface area contributed by atoms with E-state index in [1.54, 1.807) is 12.1 Å². The Morgan fingerprint density at radius 3 is 2.86 bits per heavy atom. The van der Waals surface area contributed by atoms with Crippen molar-refractivity contribution in [2.45, 2.75) is 6.54 Å². The monoisotopic (exact) mass is 312 g/mol. The van der Waals surface area contributed by atoms with Gasteiger partial charge in [0.25, 0.3) is 5.91 Å². The van der Waals surface area contributed by atoms with Gasteiger partial charge in [0.05, 0.1) is 10.2 Å². The van der Waals surface area contributed by atoms with Crippen LogP contribution in [0.4, 0.5) is 4.39 Å². The molecule has 3 aromatic rings. The van der Waals surface area contributed by atoms with E-state index >= 15 is 0 Å². The minimum Gasteiger partial charge on any atom is -0.312 e. The fourth-order valence-electron chi connectivity index (χ4n) is 2.18. The van der Waals surface area contributed by atoms with Gasteiger partial charge in [-0.2, -0.15) is 4.99 Å². The van der Waals surface area contributed by atoms with E-state index in [2.05, 4.69) is 11.6 Å². The number of carbonyl (C=O) groups is 1. The summed E-state index contributed by atoms with van der Waals surface area (Å²) in [6, 6.07) is 13.4. The van der Waals surface area contributed by atoms with Crippen molar-refractivity contribution in [2.75, 3.05) is 0 Å². The quantitative estimate of drug-likeness (QED) is 0.678. The van der Waals surface area contributed by atoms with Gasteiger partial charge in [0, 0.05) is 12.1 Å². The number of aromatic nitrogens is 1. The summed E-state index contributed by atoms with van der Waals surface area (Å²) in [5.74, 6) is -0.903. The van der Waals surface area contributed by atoms with Gasteiger partial charge in [0.2, 0.25) is 0 Å². The van der Waals surface area contributed by atoms with Crippen LogP contribution in [0.5, 0.6) is 0 Å². The SMILES string of the molecule is C=CCn1c(=NC(=O)c2cccc(F)c2)sc2ccccc21. The first-order chi connectivity index (χ1) is 10.7. The number of amides is 1. The van der Waals surface area contributed by atoms with E-state index in [0.717, 1.165) is 10.2 Å². The van der Waals surface area contributed by atoms with Gasteiger partial charge in [-0.1, -0.05) is 35.6 Å². The first-order valence-corrected chi connectivity index (χ1v) is 7.54. The standard InChI is InChI=1S/C17H13FN2OS/c1-2-10-20-14-8-3-4-9-15(14)22-17(20)19-16(21)12-6-5-7-13(18)11-12/h2-9,11H,1,10H2. The number of hydrogen-bond donors (Lipinski definition) is 0. The van der Waals surface area contributed by atoms with Crippen molar-refractivity contribution in [2.24, 2.45) is 4.99 Å². The molecule has 0 saturated heterocycles. The molecular formula is C17H13FN2OS. The minimum atomic E-state index is -0.455. The van der Waals surface area contributed by atoms with Crippen molar-refractivity contribution >= 4 is 27.5 Å². The predicted octanol–water partition coefficient (Wildman–Crippen LogP) is 3.77. The molecule has 22 heavy (non-hydrogen) atoms. The largest absolute Gasteiger partial charge is 0.312 e. The fourth-order valence-corrected chi connectivity index (χ4v) is 3.22. The molecule has 3 rings (SSSR count). The number of carbonyl (C=O) groups excluding carboxylic acids is 1. The van der Waals surface area contributed by atoms with Crippen LogP contribution in [-0.2, 0) is 6.54 Å². The summed E-state index contributed by atoms with van der Waals surface area (Å²) < 4.78 is 16.2. The molecule has 0 atom stereocenters. The highest BCUT2D eigenvalue weighted by Crippen LogP contribution is 2.17. The van der Waals surface area contributed by atoms with Gasteiger partial charge in [-0.3, -0.25) is 4.79 Å². The van der Waals surface area contributed by atoms with Crippen molar-refractivity contribution in [3.8, 4) is 0 Å². The van der Waals surface area contributed by atoms with Gasteiger partial charge in [-0.15, -0.1) is 6.58 Å². The van der Waals surface area contributed by atoms with E-state index in [-0.39, 0.29) is 5.56 Å². The van der Waals surface area contributed by atoms with Gasteiger partial charge in [0.1, 0.15) is 5.82 Å². The van der Waals surface area contributed by atoms with Crippen LogP contribution in [0.15, 0.2) is 66.2 Å². The van der Waals surface area contributed by atoms with Crippen LogP contribution in [-0.4, -0.2) is 10.5 Å². The zero-order valence-corrected chi connectivity index (χ0v) is 12.5. The van der Waals surface area contributed by atoms with E-state index < -0.39 is 11.7 Å². The molecule has 110 valence electrons. The second-order valence-corrected chi connectivity index (χ2v) is 5.69. The van der Waals surface area contributed by atoms with E-state index in [1.807, 2.05) is 28.8 Å². The maximum Gasteiger partial charge on any atom is 0.279 e. The van der Waals surface area contributed by atoms with Crippen LogP contribution >= 0.6 is 11.3 Å². The summed E-state index contributed by atoms with van der Waals surface area (Å²) in [5.41, 5.74) is 1.24. The second kappa shape index (κ2) is 6.07. The maximum atomic E-state index is 13.2. The highest BCUT2D eigenvalue weighted by atomic mass is 32.1. The van der Waals surface area contributed by atoms with Gasteiger partial charge >= 0.3 is 0 Å². The smallest absolute Gasteiger partial charge is 0.279 e. The summed E-state index contributed by atoms with van der Waals surface area (Å²) >= 11 is 1.42. The van der Waals surface area contributed by atoms with Crippen LogP contribution in [0.2, 0.25) is 0 Å². The Labute approximate surface area is 130 Å². The molecule has 2 aromatic carbocycles. The summed E-state index contributed by atoms with van der Waals surface area (Å²) in [4.78, 5) is 17.0. The fraction of sp³-hybridized carbons (Fsp3) is 0.0588. The third kappa shape index (κ3) is 2.76. The molecule has 0 radical (unpaired) electrons. The molecule has 0 saturated carbocycles. The topological polar surface area (TPSA) is 34.4 Å². The lowest BCUT2D eigenvalue weighted by atomic mass is 10.2. The van der Waals surface area contributed by atoms with Crippen molar-refractivity contribution in [3.63, 3.8) is 0 Å². The first kappa shape index (κ1) is 14.4. The number of nitrogens with zero attached hydrogens (tertiary/aromatic N) is 2. The molecule has 0 aliphatic heterocycles. The summed E-state index contributed by atoms with van der Waals surface area (Å²) in [6.07, 6.45) is 1.75. The summed E-state index contributed by atoms with van der Waals surface area (Å²) in [7, 11) is 0. The van der Waals surface area contributed by atoms with Crippen LogP contribution in [0, 0.1) is 5.82 Å². The number of thiazole rings is 1. The van der Waals surface area contributed by atoms with Gasteiger partial charge in [-0.05, 0) is 30.3 Å². The highest BCUT2D eigenvalue weighted by Gasteiger charge is 2.08. The Bertz CT molecular complexity index is 924. The Balaban J connectivity index is 2.14. The average Bonchev–Trinajstić information content (AvgIpc) is 2.85. The van der Waals surface area contributed by atoms with Crippen LogP contribution < -0.4 is 4.80 Å². The number of benzene rings is 2. The van der Waals surface area contributed by atoms with E-state index in [9.17, 15) is 9.18 Å². The summed E-state index contributed by atoms with van der Waals surface area (Å²) in [6.45, 7) is 4.29. The maximum absolute atomic E-state index is 13.2. The Kier molecular flexibility index (Phi) is 3.98. The molecule has 0 unspecified atom stereocenters. The number of hydrogen-bond acceptors (Lipinski definition) is 2. The molecule has 1 amide bonds. The Hall–Kier alpha value is -2.53. The minimum absolute atomic E-state index is 0.239. The van der Waals surface area contributed by atoms with Crippen molar-refractivity contribution < 1.29 is 9.18 Å². The lowest BCUT2D eigenvalue weighted by Crippen LogP contribution is -2.16. The Morgan fingerprint density at radius 2 is 2.09 bits per heavy atom. The highest BCUT2D eigenvalue weighted by molar-refractivity contribution is 7.16. The number of para-hydroxylation sites is 1. The van der Waals surface area contributed by atoms with E-state index in [4.69, 9.17) is 0 Å². The van der Waals surface area contributed by atoms with Crippen molar-refractivity contribution in [1.82, 2.24) is 4.57 Å². The molecule has 0 aliphatic rings. The van der Waals surface area contributed by atoms with Crippen LogP contribution in [0.1, 0.15) is 10.4 Å². The van der Waals surface area contributed by atoms with E-state index in [0.29, 0.717) is 11.3 Å². The molecule has 0 spiro atoms. The second-order valence-electron chi connectivity index (χ2n) is 4.68. The van der Waals surface area contributed by atoms with Crippen molar-refractivity contribution in [3.05, 3.63) is 77.4 Å². The molecule has 0 N–H and O–H groups in total. The molecule has 5 heteroatoms. The van der Waals surface area contributed by atoms with Crippen LogP contribution in [0.25, 0.3) is 10.2 Å². The first-order valence-electron chi connectivity index (χ1n) is 6.73. The third-order valence-corrected chi connectivity index (χ3v) is 4.23. The van der Waals surface area contributed by atoms with Gasteiger partial charge in [-0.25, -0.2) is 4.39 Å². The average molecular weight is 312 g/mol. The summed E-state index contributed by atoms with van der Waals surface area (Å²) in [5, 5.41) is 0. The lowest BCUT2D eigenvalue weighted by molar-refractivity contribution is 0.0997. The normalized spacial score (nSPS) is 11.8. The van der Waals surface area contributed by atoms with E-state index in [1.165, 1.54) is 29.5 Å². The van der Waals surface area contributed by atoms with Crippen molar-refractivity contribution in [1.29, 1.82) is 0 Å². The van der Waals surface area contributed by atoms with Crippen LogP contribution in [0.3, 0.4) is 0 Å². The zero-order chi connectivity index (χ0) is 15.5.